The molecule has 1 aliphatic carbocycles. The summed E-state index contributed by atoms with van der Waals surface area (Å²) in [5.41, 5.74) is 2.01. The fourth-order valence-corrected chi connectivity index (χ4v) is 3.59. The van der Waals surface area contributed by atoms with Crippen molar-refractivity contribution in [2.75, 3.05) is 11.1 Å². The second-order valence-electron chi connectivity index (χ2n) is 5.05. The lowest BCUT2D eigenvalue weighted by atomic mass is 10.1. The normalized spacial score (nSPS) is 14.1. The van der Waals surface area contributed by atoms with Gasteiger partial charge in [0, 0.05) is 11.6 Å². The van der Waals surface area contributed by atoms with Gasteiger partial charge in [-0.05, 0) is 24.8 Å². The molecule has 0 aliphatic heterocycles. The Morgan fingerprint density at radius 3 is 2.76 bits per heavy atom. The van der Waals surface area contributed by atoms with Crippen molar-refractivity contribution in [3.8, 4) is 0 Å². The van der Waals surface area contributed by atoms with Gasteiger partial charge in [0.2, 0.25) is 5.13 Å². The van der Waals surface area contributed by atoms with Crippen molar-refractivity contribution >= 4 is 34.0 Å². The molecule has 21 heavy (non-hydrogen) atoms. The molecule has 1 aromatic heterocycles. The van der Waals surface area contributed by atoms with Crippen LogP contribution < -0.4 is 5.32 Å². The first kappa shape index (κ1) is 14.5. The van der Waals surface area contributed by atoms with E-state index >= 15 is 0 Å². The maximum absolute atomic E-state index is 12.1. The van der Waals surface area contributed by atoms with Gasteiger partial charge < -0.3 is 5.32 Å². The lowest BCUT2D eigenvalue weighted by Crippen LogP contribution is -2.02. The van der Waals surface area contributed by atoms with Gasteiger partial charge in [-0.3, -0.25) is 4.79 Å². The topological polar surface area (TPSA) is 54.9 Å². The average Bonchev–Trinajstić information content (AvgIpc) is 3.22. The smallest absolute Gasteiger partial charge is 0.206 e. The molecule has 0 bridgehead atoms. The summed E-state index contributed by atoms with van der Waals surface area (Å²) in [6.45, 7) is 2.11. The Balaban J connectivity index is 1.53. The Morgan fingerprint density at radius 1 is 1.33 bits per heavy atom. The number of hydrogen-bond acceptors (Lipinski definition) is 6. The molecule has 0 spiro atoms. The number of carbonyl (C=O) groups excluding carboxylic acids is 1. The second kappa shape index (κ2) is 6.58. The highest BCUT2D eigenvalue weighted by molar-refractivity contribution is 8.01. The number of rotatable bonds is 7. The molecule has 1 N–H and O–H groups in total. The van der Waals surface area contributed by atoms with Crippen LogP contribution in [0.2, 0.25) is 0 Å². The fraction of sp³-hybridized carbons (Fsp3) is 0.400. The number of nitrogens with zero attached hydrogens (tertiary/aromatic N) is 2. The highest BCUT2D eigenvalue weighted by atomic mass is 32.2. The summed E-state index contributed by atoms with van der Waals surface area (Å²) in [5, 5.41) is 12.4. The third kappa shape index (κ3) is 4.04. The second-order valence-corrected chi connectivity index (χ2v) is 7.25. The molecule has 1 aliphatic rings. The monoisotopic (exact) mass is 319 g/mol. The zero-order chi connectivity index (χ0) is 14.7. The first-order valence-electron chi connectivity index (χ1n) is 7.09. The summed E-state index contributed by atoms with van der Waals surface area (Å²) >= 11 is 2.98. The third-order valence-electron chi connectivity index (χ3n) is 3.32. The summed E-state index contributed by atoms with van der Waals surface area (Å²) in [4.78, 5) is 12.1. The van der Waals surface area contributed by atoms with Crippen LogP contribution in [0.25, 0.3) is 0 Å². The number of thioether (sulfide) groups is 1. The van der Waals surface area contributed by atoms with Crippen LogP contribution in [-0.2, 0) is 6.42 Å². The van der Waals surface area contributed by atoms with E-state index in [1.807, 2.05) is 24.3 Å². The lowest BCUT2D eigenvalue weighted by Gasteiger charge is -2.01. The fourth-order valence-electron chi connectivity index (χ4n) is 1.87. The van der Waals surface area contributed by atoms with Gasteiger partial charge in [-0.1, -0.05) is 54.3 Å². The highest BCUT2D eigenvalue weighted by Gasteiger charge is 2.22. The van der Waals surface area contributed by atoms with Crippen molar-refractivity contribution in [2.24, 2.45) is 0 Å². The number of hydrogen-bond donors (Lipinski definition) is 1. The predicted octanol–water partition coefficient (Wildman–Crippen LogP) is 3.65. The van der Waals surface area contributed by atoms with Crippen LogP contribution in [0.1, 0.15) is 35.7 Å². The van der Waals surface area contributed by atoms with Crippen LogP contribution in [0.4, 0.5) is 5.13 Å². The maximum Gasteiger partial charge on any atom is 0.206 e. The van der Waals surface area contributed by atoms with E-state index in [4.69, 9.17) is 0 Å². The molecule has 110 valence electrons. The molecule has 1 aromatic carbocycles. The molecule has 0 saturated heterocycles. The van der Waals surface area contributed by atoms with Crippen molar-refractivity contribution in [1.82, 2.24) is 10.2 Å². The molecule has 0 radical (unpaired) electrons. The van der Waals surface area contributed by atoms with Crippen molar-refractivity contribution in [2.45, 2.75) is 36.6 Å². The van der Waals surface area contributed by atoms with Gasteiger partial charge in [0.1, 0.15) is 0 Å². The number of benzene rings is 1. The zero-order valence-corrected chi connectivity index (χ0v) is 13.5. The molecule has 1 saturated carbocycles. The Bertz CT molecular complexity index is 620. The molecule has 0 atom stereocenters. The first-order valence-corrected chi connectivity index (χ1v) is 8.90. The molecule has 1 fully saturated rings. The standard InChI is InChI=1S/C15H17N3OS2/c1-2-10-3-5-11(6-4-10)13(19)9-20-15-18-17-14(21-15)16-12-7-8-12/h3-6,12H,2,7-9H2,1H3,(H,16,17). The van der Waals surface area contributed by atoms with Crippen LogP contribution >= 0.6 is 23.1 Å². The van der Waals surface area contributed by atoms with Gasteiger partial charge in [0.25, 0.3) is 0 Å². The van der Waals surface area contributed by atoms with E-state index in [0.717, 1.165) is 21.5 Å². The molecular weight excluding hydrogens is 302 g/mol. The van der Waals surface area contributed by atoms with Crippen molar-refractivity contribution in [3.05, 3.63) is 35.4 Å². The van der Waals surface area contributed by atoms with Gasteiger partial charge in [-0.25, -0.2) is 0 Å². The van der Waals surface area contributed by atoms with Crippen LogP contribution in [0.15, 0.2) is 28.6 Å². The van der Waals surface area contributed by atoms with Gasteiger partial charge >= 0.3 is 0 Å². The number of carbonyl (C=O) groups is 1. The van der Waals surface area contributed by atoms with E-state index in [0.29, 0.717) is 11.8 Å². The van der Waals surface area contributed by atoms with E-state index in [1.54, 1.807) is 0 Å². The Morgan fingerprint density at radius 2 is 2.10 bits per heavy atom. The summed E-state index contributed by atoms with van der Waals surface area (Å²) < 4.78 is 0.844. The Hall–Kier alpha value is -1.40. The van der Waals surface area contributed by atoms with Crippen LogP contribution in [0.5, 0.6) is 0 Å². The molecule has 0 unspecified atom stereocenters. The maximum atomic E-state index is 12.1. The SMILES string of the molecule is CCc1ccc(C(=O)CSc2nnc(NC3CC3)s2)cc1. The van der Waals surface area contributed by atoms with Gasteiger partial charge in [-0.2, -0.15) is 0 Å². The van der Waals surface area contributed by atoms with E-state index in [2.05, 4.69) is 22.4 Å². The Kier molecular flexibility index (Phi) is 4.55. The number of anilines is 1. The molecule has 1 heterocycles. The summed E-state index contributed by atoms with van der Waals surface area (Å²) in [6, 6.07) is 8.42. The average molecular weight is 319 g/mol. The van der Waals surface area contributed by atoms with Crippen LogP contribution in [0.3, 0.4) is 0 Å². The minimum Gasteiger partial charge on any atom is -0.357 e. The minimum atomic E-state index is 0.134. The Labute approximate surface area is 132 Å². The highest BCUT2D eigenvalue weighted by Crippen LogP contribution is 2.30. The van der Waals surface area contributed by atoms with E-state index in [-0.39, 0.29) is 5.78 Å². The predicted molar refractivity (Wildman–Crippen MR) is 87.4 cm³/mol. The van der Waals surface area contributed by atoms with Crippen molar-refractivity contribution in [3.63, 3.8) is 0 Å². The lowest BCUT2D eigenvalue weighted by molar-refractivity contribution is 0.102. The number of ketones is 1. The largest absolute Gasteiger partial charge is 0.357 e. The number of nitrogens with one attached hydrogen (secondary N) is 1. The molecule has 0 amide bonds. The van der Waals surface area contributed by atoms with Crippen molar-refractivity contribution in [1.29, 1.82) is 0 Å². The molecule has 6 heteroatoms. The van der Waals surface area contributed by atoms with Gasteiger partial charge in [0.15, 0.2) is 10.1 Å². The van der Waals surface area contributed by atoms with E-state index < -0.39 is 0 Å². The molecule has 3 rings (SSSR count). The van der Waals surface area contributed by atoms with E-state index in [9.17, 15) is 4.79 Å². The number of aryl methyl sites for hydroxylation is 1. The third-order valence-corrected chi connectivity index (χ3v) is 5.31. The van der Waals surface area contributed by atoms with Gasteiger partial charge in [0.05, 0.1) is 5.75 Å². The summed E-state index contributed by atoms with van der Waals surface area (Å²) in [6.07, 6.45) is 3.42. The van der Waals surface area contributed by atoms with Crippen LogP contribution in [0, 0.1) is 0 Å². The quantitative estimate of drug-likeness (QED) is 0.623. The van der Waals surface area contributed by atoms with Crippen LogP contribution in [-0.4, -0.2) is 27.8 Å². The molecule has 2 aromatic rings. The van der Waals surface area contributed by atoms with Crippen molar-refractivity contribution < 1.29 is 4.79 Å². The molecule has 4 nitrogen and oxygen atoms in total. The number of aromatic nitrogens is 2. The zero-order valence-electron chi connectivity index (χ0n) is 11.8. The molecular formula is C15H17N3OS2. The summed E-state index contributed by atoms with van der Waals surface area (Å²) in [5.74, 6) is 0.540. The first-order chi connectivity index (χ1) is 10.2. The van der Waals surface area contributed by atoms with E-state index in [1.165, 1.54) is 41.5 Å². The van der Waals surface area contributed by atoms with Gasteiger partial charge in [-0.15, -0.1) is 10.2 Å². The minimum absolute atomic E-state index is 0.134. The number of Topliss-reactive ketones (excluding diaryl/α,β-unsaturated/α-hetero) is 1. The summed E-state index contributed by atoms with van der Waals surface area (Å²) in [7, 11) is 0.